The molecule has 0 saturated carbocycles. The molecule has 2 aliphatic heterocycles. The van der Waals surface area contributed by atoms with Crippen molar-refractivity contribution in [1.29, 1.82) is 0 Å². The highest BCUT2D eigenvalue weighted by Gasteiger charge is 2.48. The average Bonchev–Trinajstić information content (AvgIpc) is 3.30. The molecule has 2 N–H and O–H groups in total. The molecule has 156 valence electrons. The van der Waals surface area contributed by atoms with Crippen molar-refractivity contribution in [3.05, 3.63) is 59.7 Å². The normalized spacial score (nSPS) is 26.7. The zero-order valence-electron chi connectivity index (χ0n) is 16.8. The van der Waals surface area contributed by atoms with Crippen LogP contribution in [-0.4, -0.2) is 53.8 Å². The maximum absolute atomic E-state index is 12.8. The molecule has 3 atom stereocenters. The minimum Gasteiger partial charge on any atom is -0.481 e. The Labute approximate surface area is 175 Å². The highest BCUT2D eigenvalue weighted by molar-refractivity contribution is 5.79. The van der Waals surface area contributed by atoms with Crippen molar-refractivity contribution in [3.8, 4) is 11.1 Å². The van der Waals surface area contributed by atoms with Gasteiger partial charge in [0, 0.05) is 19.0 Å². The molecule has 6 nitrogen and oxygen atoms in total. The zero-order valence-corrected chi connectivity index (χ0v) is 16.8. The highest BCUT2D eigenvalue weighted by Crippen LogP contribution is 2.44. The zero-order chi connectivity index (χ0) is 20.7. The van der Waals surface area contributed by atoms with E-state index in [0.717, 1.165) is 37.2 Å². The minimum absolute atomic E-state index is 0.00750. The Morgan fingerprint density at radius 3 is 2.40 bits per heavy atom. The number of alkyl carbamates (subject to hydrolysis) is 1. The fraction of sp³-hybridized carbons (Fsp3) is 0.417. The van der Waals surface area contributed by atoms with E-state index in [0.29, 0.717) is 6.42 Å². The van der Waals surface area contributed by atoms with E-state index in [-0.39, 0.29) is 24.9 Å². The summed E-state index contributed by atoms with van der Waals surface area (Å²) in [5.74, 6) is -0.732. The maximum Gasteiger partial charge on any atom is 0.407 e. The molecule has 0 radical (unpaired) electrons. The lowest BCUT2D eigenvalue weighted by Crippen LogP contribution is -2.59. The molecule has 2 aromatic carbocycles. The molecule has 2 bridgehead atoms. The molecular weight excluding hydrogens is 380 g/mol. The maximum atomic E-state index is 12.8. The van der Waals surface area contributed by atoms with E-state index in [1.54, 1.807) is 0 Å². The van der Waals surface area contributed by atoms with Gasteiger partial charge < -0.3 is 20.1 Å². The number of ether oxygens (including phenoxy) is 1. The van der Waals surface area contributed by atoms with Gasteiger partial charge >= 0.3 is 12.1 Å². The topological polar surface area (TPSA) is 78.9 Å². The van der Waals surface area contributed by atoms with Crippen LogP contribution in [0.15, 0.2) is 48.5 Å². The molecule has 6 heteroatoms. The van der Waals surface area contributed by atoms with Crippen molar-refractivity contribution < 1.29 is 19.4 Å². The summed E-state index contributed by atoms with van der Waals surface area (Å²) in [6.45, 7) is 2.86. The molecule has 2 fully saturated rings. The number of carboxylic acid groups (broad SMARTS) is 1. The predicted octanol–water partition coefficient (Wildman–Crippen LogP) is 3.46. The number of carbonyl (C=O) groups excluding carboxylic acids is 1. The first-order valence-electron chi connectivity index (χ1n) is 10.6. The number of carboxylic acids is 1. The summed E-state index contributed by atoms with van der Waals surface area (Å²) < 4.78 is 5.70. The predicted molar refractivity (Wildman–Crippen MR) is 112 cm³/mol. The quantitative estimate of drug-likeness (QED) is 0.795. The van der Waals surface area contributed by atoms with Crippen molar-refractivity contribution in [2.24, 2.45) is 5.92 Å². The number of hydrogen-bond donors (Lipinski definition) is 2. The number of nitrogens with zero attached hydrogens (tertiary/aromatic N) is 1. The van der Waals surface area contributed by atoms with Gasteiger partial charge in [0.25, 0.3) is 0 Å². The van der Waals surface area contributed by atoms with Crippen molar-refractivity contribution in [1.82, 2.24) is 10.2 Å². The third kappa shape index (κ3) is 3.25. The average molecular weight is 406 g/mol. The monoisotopic (exact) mass is 406 g/mol. The van der Waals surface area contributed by atoms with Crippen molar-refractivity contribution in [2.45, 2.75) is 30.7 Å². The first-order chi connectivity index (χ1) is 14.6. The molecule has 2 heterocycles. The van der Waals surface area contributed by atoms with E-state index in [1.165, 1.54) is 11.1 Å². The SMILES string of the molecule is O=C(O)CC1(NC(=O)OCC2c3ccccc3-c3ccccc32)CCN2CCC1C2. The summed E-state index contributed by atoms with van der Waals surface area (Å²) in [6.07, 6.45) is 0.985. The van der Waals surface area contributed by atoms with Crippen molar-refractivity contribution in [2.75, 3.05) is 26.2 Å². The Balaban J connectivity index is 1.32. The van der Waals surface area contributed by atoms with Gasteiger partial charge in [-0.2, -0.15) is 0 Å². The number of hydrogen-bond acceptors (Lipinski definition) is 4. The lowest BCUT2D eigenvalue weighted by Gasteiger charge is -2.42. The summed E-state index contributed by atoms with van der Waals surface area (Å²) in [6, 6.07) is 16.4. The Bertz CT molecular complexity index is 945. The van der Waals surface area contributed by atoms with Crippen LogP contribution >= 0.6 is 0 Å². The first-order valence-corrected chi connectivity index (χ1v) is 10.6. The highest BCUT2D eigenvalue weighted by atomic mass is 16.5. The molecule has 0 spiro atoms. The number of amides is 1. The van der Waals surface area contributed by atoms with Crippen LogP contribution in [-0.2, 0) is 9.53 Å². The summed E-state index contributed by atoms with van der Waals surface area (Å²) in [7, 11) is 0. The van der Waals surface area contributed by atoms with Crippen LogP contribution in [0.5, 0.6) is 0 Å². The van der Waals surface area contributed by atoms with Crippen LogP contribution in [0.3, 0.4) is 0 Å². The number of nitrogens with one attached hydrogen (secondary N) is 1. The van der Waals surface area contributed by atoms with Crippen LogP contribution in [0.25, 0.3) is 11.1 Å². The van der Waals surface area contributed by atoms with Gasteiger partial charge in [-0.25, -0.2) is 4.79 Å². The molecule has 1 aliphatic carbocycles. The molecule has 2 saturated heterocycles. The van der Waals surface area contributed by atoms with Gasteiger partial charge in [-0.3, -0.25) is 4.79 Å². The molecule has 3 aliphatic rings. The van der Waals surface area contributed by atoms with E-state index in [4.69, 9.17) is 4.74 Å². The van der Waals surface area contributed by atoms with E-state index >= 15 is 0 Å². The van der Waals surface area contributed by atoms with E-state index in [2.05, 4.69) is 34.5 Å². The molecule has 30 heavy (non-hydrogen) atoms. The number of fused-ring (bicyclic) bond motifs is 5. The summed E-state index contributed by atoms with van der Waals surface area (Å²) in [4.78, 5) is 26.7. The van der Waals surface area contributed by atoms with Crippen LogP contribution < -0.4 is 5.32 Å². The molecule has 0 aromatic heterocycles. The first kappa shape index (κ1) is 19.1. The molecular formula is C24H26N2O4. The number of rotatable bonds is 5. The lowest BCUT2D eigenvalue weighted by molar-refractivity contribution is -0.139. The molecule has 2 aromatic rings. The number of carbonyl (C=O) groups is 2. The number of aliphatic carboxylic acids is 1. The fourth-order valence-corrected chi connectivity index (χ4v) is 5.60. The van der Waals surface area contributed by atoms with Gasteiger partial charge in [-0.1, -0.05) is 48.5 Å². The van der Waals surface area contributed by atoms with Gasteiger partial charge in [-0.15, -0.1) is 0 Å². The fourth-order valence-electron chi connectivity index (χ4n) is 5.60. The third-order valence-corrected chi connectivity index (χ3v) is 7.09. The Hall–Kier alpha value is -2.86. The van der Waals surface area contributed by atoms with Crippen LogP contribution in [0.4, 0.5) is 4.79 Å². The summed E-state index contributed by atoms with van der Waals surface area (Å²) in [5.41, 5.74) is 3.97. The third-order valence-electron chi connectivity index (χ3n) is 7.09. The van der Waals surface area contributed by atoms with Gasteiger partial charge in [0.05, 0.1) is 12.0 Å². The minimum atomic E-state index is -0.880. The molecule has 1 amide bonds. The van der Waals surface area contributed by atoms with Crippen molar-refractivity contribution in [3.63, 3.8) is 0 Å². The van der Waals surface area contributed by atoms with Crippen molar-refractivity contribution >= 4 is 12.1 Å². The van der Waals surface area contributed by atoms with Gasteiger partial charge in [0.2, 0.25) is 0 Å². The molecule has 5 rings (SSSR count). The van der Waals surface area contributed by atoms with Crippen LogP contribution in [0.2, 0.25) is 0 Å². The summed E-state index contributed by atoms with van der Waals surface area (Å²) >= 11 is 0. The van der Waals surface area contributed by atoms with E-state index in [1.807, 2.05) is 24.3 Å². The largest absolute Gasteiger partial charge is 0.481 e. The molecule has 3 unspecified atom stereocenters. The Morgan fingerprint density at radius 1 is 1.07 bits per heavy atom. The second-order valence-corrected chi connectivity index (χ2v) is 8.71. The van der Waals surface area contributed by atoms with Crippen LogP contribution in [0, 0.1) is 5.92 Å². The Kier molecular flexibility index (Phi) is 4.74. The van der Waals surface area contributed by atoms with Crippen LogP contribution in [0.1, 0.15) is 36.3 Å². The number of piperidine rings is 1. The Morgan fingerprint density at radius 2 is 1.73 bits per heavy atom. The smallest absolute Gasteiger partial charge is 0.407 e. The van der Waals surface area contributed by atoms with E-state index in [9.17, 15) is 14.7 Å². The van der Waals surface area contributed by atoms with Gasteiger partial charge in [-0.05, 0) is 47.6 Å². The van der Waals surface area contributed by atoms with E-state index < -0.39 is 17.6 Å². The summed E-state index contributed by atoms with van der Waals surface area (Å²) in [5, 5.41) is 12.5. The number of benzene rings is 2. The second kappa shape index (κ2) is 7.43. The standard InChI is InChI=1S/C24H26N2O4/c27-22(28)13-24(10-12-26-11-9-16(24)14-26)25-23(29)30-15-21-19-7-3-1-5-17(19)18-6-2-4-8-20(18)21/h1-8,16,21H,9-15H2,(H,25,29)(H,27,28). The van der Waals surface area contributed by atoms with Gasteiger partial charge in [0.1, 0.15) is 6.61 Å². The lowest BCUT2D eigenvalue weighted by atomic mass is 9.76. The van der Waals surface area contributed by atoms with Gasteiger partial charge in [0.15, 0.2) is 0 Å². The second-order valence-electron chi connectivity index (χ2n) is 8.71.